The van der Waals surface area contributed by atoms with Crippen LogP contribution in [-0.4, -0.2) is 19.1 Å². The average molecular weight is 501 g/mol. The summed E-state index contributed by atoms with van der Waals surface area (Å²) >= 11 is 0. The van der Waals surface area contributed by atoms with E-state index in [1.807, 2.05) is 24.3 Å². The number of fused-ring (bicyclic) bond motifs is 9. The van der Waals surface area contributed by atoms with Crippen molar-refractivity contribution in [2.75, 3.05) is 0 Å². The number of aromatic nitrogens is 4. The summed E-state index contributed by atoms with van der Waals surface area (Å²) < 4.78 is 10.7. The van der Waals surface area contributed by atoms with E-state index in [2.05, 4.69) is 106 Å². The first kappa shape index (κ1) is 20.6. The van der Waals surface area contributed by atoms with Crippen LogP contribution in [0.2, 0.25) is 0 Å². The molecule has 9 rings (SSSR count). The molecular formula is C34H20N4O. The SMILES string of the molecule is c1ccc(-n2c3ccccc3c3cc(-n4c5ccccc5c5nc6c(nc54)oc4ccccc46)ccc32)cc1. The molecule has 0 spiro atoms. The minimum Gasteiger partial charge on any atom is -0.436 e. The first-order valence-corrected chi connectivity index (χ1v) is 13.0. The highest BCUT2D eigenvalue weighted by Crippen LogP contribution is 2.37. The van der Waals surface area contributed by atoms with Crippen molar-refractivity contribution in [2.24, 2.45) is 0 Å². The minimum atomic E-state index is 0.550. The van der Waals surface area contributed by atoms with E-state index in [1.54, 1.807) is 0 Å². The highest BCUT2D eigenvalue weighted by atomic mass is 16.3. The van der Waals surface area contributed by atoms with Gasteiger partial charge >= 0.3 is 0 Å². The van der Waals surface area contributed by atoms with Gasteiger partial charge in [-0.2, -0.15) is 4.98 Å². The van der Waals surface area contributed by atoms with E-state index in [0.29, 0.717) is 5.71 Å². The second kappa shape index (κ2) is 7.55. The number of nitrogens with zero attached hydrogens (tertiary/aromatic N) is 4. The van der Waals surface area contributed by atoms with Gasteiger partial charge < -0.3 is 8.98 Å². The van der Waals surface area contributed by atoms with Crippen LogP contribution in [-0.2, 0) is 0 Å². The molecule has 5 aromatic carbocycles. The van der Waals surface area contributed by atoms with Gasteiger partial charge in [0.1, 0.15) is 16.6 Å². The monoisotopic (exact) mass is 500 g/mol. The Bertz CT molecular complexity index is 2390. The molecule has 0 aliphatic rings. The number of hydrogen-bond acceptors (Lipinski definition) is 3. The third-order valence-electron chi connectivity index (χ3n) is 7.73. The lowest BCUT2D eigenvalue weighted by Crippen LogP contribution is -1.97. The molecule has 182 valence electrons. The second-order valence-corrected chi connectivity index (χ2v) is 9.89. The predicted octanol–water partition coefficient (Wildman–Crippen LogP) is 8.57. The molecule has 0 saturated heterocycles. The maximum atomic E-state index is 6.14. The average Bonchev–Trinajstić information content (AvgIpc) is 3.63. The van der Waals surface area contributed by atoms with Crippen LogP contribution in [0.3, 0.4) is 0 Å². The largest absolute Gasteiger partial charge is 0.436 e. The lowest BCUT2D eigenvalue weighted by atomic mass is 10.1. The molecule has 0 bridgehead atoms. The lowest BCUT2D eigenvalue weighted by Gasteiger charge is -2.09. The van der Waals surface area contributed by atoms with E-state index < -0.39 is 0 Å². The summed E-state index contributed by atoms with van der Waals surface area (Å²) in [7, 11) is 0. The van der Waals surface area contributed by atoms with Gasteiger partial charge in [0.2, 0.25) is 5.71 Å². The number of para-hydroxylation sites is 4. The maximum absolute atomic E-state index is 6.14. The molecule has 4 heterocycles. The van der Waals surface area contributed by atoms with Crippen molar-refractivity contribution < 1.29 is 4.42 Å². The van der Waals surface area contributed by atoms with Crippen LogP contribution in [0.25, 0.3) is 77.4 Å². The van der Waals surface area contributed by atoms with E-state index >= 15 is 0 Å². The van der Waals surface area contributed by atoms with Gasteiger partial charge in [-0.1, -0.05) is 66.7 Å². The topological polar surface area (TPSA) is 48.8 Å². The highest BCUT2D eigenvalue weighted by Gasteiger charge is 2.20. The second-order valence-electron chi connectivity index (χ2n) is 9.89. The van der Waals surface area contributed by atoms with Crippen molar-refractivity contribution in [3.05, 3.63) is 121 Å². The van der Waals surface area contributed by atoms with E-state index in [9.17, 15) is 0 Å². The van der Waals surface area contributed by atoms with Crippen molar-refractivity contribution in [2.45, 2.75) is 0 Å². The summed E-state index contributed by atoms with van der Waals surface area (Å²) in [5, 5.41) is 4.45. The zero-order valence-electron chi connectivity index (χ0n) is 20.7. The highest BCUT2D eigenvalue weighted by molar-refractivity contribution is 6.12. The van der Waals surface area contributed by atoms with Crippen LogP contribution >= 0.6 is 0 Å². The van der Waals surface area contributed by atoms with Gasteiger partial charge in [0.15, 0.2) is 5.65 Å². The number of hydrogen-bond donors (Lipinski definition) is 0. The Kier molecular flexibility index (Phi) is 3.99. The normalized spacial score (nSPS) is 12.1. The molecule has 39 heavy (non-hydrogen) atoms. The fourth-order valence-corrected chi connectivity index (χ4v) is 6.05. The minimum absolute atomic E-state index is 0.550. The summed E-state index contributed by atoms with van der Waals surface area (Å²) in [6.45, 7) is 0. The van der Waals surface area contributed by atoms with Crippen LogP contribution in [0, 0.1) is 0 Å². The van der Waals surface area contributed by atoms with E-state index in [4.69, 9.17) is 14.4 Å². The third-order valence-corrected chi connectivity index (χ3v) is 7.73. The number of rotatable bonds is 2. The molecule has 0 fully saturated rings. The number of furan rings is 1. The molecule has 0 atom stereocenters. The summed E-state index contributed by atoms with van der Waals surface area (Å²) in [6, 6.07) is 42.1. The Balaban J connectivity index is 1.39. The molecule has 0 aliphatic carbocycles. The molecule has 9 aromatic rings. The van der Waals surface area contributed by atoms with Gasteiger partial charge in [0.05, 0.1) is 16.6 Å². The van der Waals surface area contributed by atoms with Crippen molar-refractivity contribution in [1.82, 2.24) is 19.1 Å². The van der Waals surface area contributed by atoms with Crippen LogP contribution in [0.5, 0.6) is 0 Å². The van der Waals surface area contributed by atoms with Gasteiger partial charge in [-0.05, 0) is 54.6 Å². The lowest BCUT2D eigenvalue weighted by molar-refractivity contribution is 0.654. The molecule has 0 radical (unpaired) electrons. The Hall–Kier alpha value is -5.42. The molecule has 4 aromatic heterocycles. The van der Waals surface area contributed by atoms with Gasteiger partial charge in [0.25, 0.3) is 0 Å². The maximum Gasteiger partial charge on any atom is 0.248 e. The first-order valence-electron chi connectivity index (χ1n) is 13.0. The Labute approximate surface area is 222 Å². The van der Waals surface area contributed by atoms with Gasteiger partial charge in [-0.3, -0.25) is 4.57 Å². The molecule has 0 aliphatic heterocycles. The van der Waals surface area contributed by atoms with Crippen molar-refractivity contribution >= 4 is 66.1 Å². The summed E-state index contributed by atoms with van der Waals surface area (Å²) in [5.41, 5.74) is 9.39. The van der Waals surface area contributed by atoms with Gasteiger partial charge in [0, 0.05) is 32.9 Å². The van der Waals surface area contributed by atoms with Gasteiger partial charge in [-0.15, -0.1) is 0 Å². The quantitative estimate of drug-likeness (QED) is 0.239. The van der Waals surface area contributed by atoms with Crippen molar-refractivity contribution in [1.29, 1.82) is 0 Å². The fourth-order valence-electron chi connectivity index (χ4n) is 6.05. The zero-order valence-corrected chi connectivity index (χ0v) is 20.7. The third kappa shape index (κ3) is 2.79. The Morgan fingerprint density at radius 3 is 1.97 bits per heavy atom. The number of benzene rings is 5. The molecule has 5 heteroatoms. The summed E-state index contributed by atoms with van der Waals surface area (Å²) in [4.78, 5) is 10.2. The Morgan fingerprint density at radius 1 is 0.462 bits per heavy atom. The van der Waals surface area contributed by atoms with Crippen LogP contribution in [0.1, 0.15) is 0 Å². The standard InChI is InChI=1S/C34H20N4O/c1-2-10-21(11-3-1)37-27-15-7-4-12-23(27)26-20-22(18-19-29(26)37)38-28-16-8-5-13-24(28)31-33(38)36-34-32(35-31)25-14-6-9-17-30(25)39-34/h1-20H. The summed E-state index contributed by atoms with van der Waals surface area (Å²) in [5.74, 6) is 0. The molecule has 5 nitrogen and oxygen atoms in total. The molecule has 0 amide bonds. The van der Waals surface area contributed by atoms with Crippen LogP contribution in [0.15, 0.2) is 126 Å². The van der Waals surface area contributed by atoms with Crippen molar-refractivity contribution in [3.8, 4) is 11.4 Å². The molecule has 0 N–H and O–H groups in total. The fraction of sp³-hybridized carbons (Fsp3) is 0. The van der Waals surface area contributed by atoms with Crippen LogP contribution < -0.4 is 0 Å². The first-order chi connectivity index (χ1) is 19.3. The Morgan fingerprint density at radius 2 is 1.13 bits per heavy atom. The van der Waals surface area contributed by atoms with E-state index in [-0.39, 0.29) is 0 Å². The predicted molar refractivity (Wildman–Crippen MR) is 158 cm³/mol. The van der Waals surface area contributed by atoms with Crippen molar-refractivity contribution in [3.63, 3.8) is 0 Å². The molecule has 0 unspecified atom stereocenters. The molecular weight excluding hydrogens is 480 g/mol. The smallest absolute Gasteiger partial charge is 0.248 e. The van der Waals surface area contributed by atoms with Crippen LogP contribution in [0.4, 0.5) is 0 Å². The van der Waals surface area contributed by atoms with E-state index in [1.165, 1.54) is 16.3 Å². The summed E-state index contributed by atoms with van der Waals surface area (Å²) in [6.07, 6.45) is 0. The van der Waals surface area contributed by atoms with E-state index in [0.717, 1.165) is 55.4 Å². The van der Waals surface area contributed by atoms with Gasteiger partial charge in [-0.25, -0.2) is 4.98 Å². The zero-order chi connectivity index (χ0) is 25.5. The molecule has 0 saturated carbocycles.